The van der Waals surface area contributed by atoms with Crippen molar-refractivity contribution in [2.45, 2.75) is 24.3 Å². The quantitative estimate of drug-likeness (QED) is 0.901. The van der Waals surface area contributed by atoms with E-state index in [0.29, 0.717) is 22.4 Å². The van der Waals surface area contributed by atoms with Crippen LogP contribution in [0.4, 0.5) is 18.9 Å². The number of amides is 1. The number of hydrogen-bond donors (Lipinski definition) is 1. The Hall–Kier alpha value is -1.96. The average Bonchev–Trinajstić information content (AvgIpc) is 3.23. The third-order valence-corrected chi connectivity index (χ3v) is 4.67. The van der Waals surface area contributed by atoms with Crippen LogP contribution >= 0.6 is 11.8 Å². The van der Waals surface area contributed by atoms with Crippen molar-refractivity contribution in [3.63, 3.8) is 0 Å². The Morgan fingerprint density at radius 3 is 2.61 bits per heavy atom. The number of nitrogens with one attached hydrogen (secondary N) is 1. The molecule has 0 spiro atoms. The Balaban J connectivity index is 1.62. The monoisotopic (exact) mass is 341 g/mol. The molecule has 8 heteroatoms. The highest BCUT2D eigenvalue weighted by Gasteiger charge is 2.30. The second kappa shape index (κ2) is 6.27. The number of anilines is 1. The smallest absolute Gasteiger partial charge is 0.323 e. The van der Waals surface area contributed by atoms with Gasteiger partial charge in [-0.3, -0.25) is 4.79 Å². The molecule has 1 aliphatic carbocycles. The molecule has 23 heavy (non-hydrogen) atoms. The minimum absolute atomic E-state index is 0.103. The molecule has 1 heterocycles. The Morgan fingerprint density at radius 1 is 1.30 bits per heavy atom. The lowest BCUT2D eigenvalue weighted by molar-refractivity contribution is -0.137. The van der Waals surface area contributed by atoms with Crippen LogP contribution in [-0.4, -0.2) is 26.7 Å². The number of aromatic nitrogens is 2. The van der Waals surface area contributed by atoms with Crippen LogP contribution in [0.25, 0.3) is 5.69 Å². The minimum atomic E-state index is -4.36. The van der Waals surface area contributed by atoms with E-state index in [4.69, 9.17) is 0 Å². The van der Waals surface area contributed by atoms with E-state index in [9.17, 15) is 18.0 Å². The number of alkyl halides is 3. The number of carbonyl (C=O) groups excluding carboxylic acids is 1. The number of carbonyl (C=O) groups is 1. The standard InChI is InChI=1S/C15H14F3N3OS/c16-15(17,18)10-1-3-12(4-2-10)21-8-11(7-19-21)20-14(22)9-23-13-5-6-13/h1-4,7-8,13H,5-6,9H2,(H,20,22). The van der Waals surface area contributed by atoms with E-state index in [1.54, 1.807) is 18.0 Å². The van der Waals surface area contributed by atoms with Crippen LogP contribution in [0.2, 0.25) is 0 Å². The fourth-order valence-corrected chi connectivity index (χ4v) is 2.89. The zero-order chi connectivity index (χ0) is 16.4. The summed E-state index contributed by atoms with van der Waals surface area (Å²) >= 11 is 1.63. The van der Waals surface area contributed by atoms with Gasteiger partial charge < -0.3 is 5.32 Å². The van der Waals surface area contributed by atoms with Gasteiger partial charge in [-0.1, -0.05) is 0 Å². The largest absolute Gasteiger partial charge is 0.416 e. The summed E-state index contributed by atoms with van der Waals surface area (Å²) in [6, 6.07) is 4.68. The molecule has 1 fully saturated rings. The van der Waals surface area contributed by atoms with Gasteiger partial charge in [0.15, 0.2) is 0 Å². The maximum atomic E-state index is 12.5. The van der Waals surface area contributed by atoms with Crippen molar-refractivity contribution in [2.24, 2.45) is 0 Å². The summed E-state index contributed by atoms with van der Waals surface area (Å²) in [5.74, 6) is 0.296. The molecule has 0 atom stereocenters. The van der Waals surface area contributed by atoms with Gasteiger partial charge >= 0.3 is 6.18 Å². The summed E-state index contributed by atoms with van der Waals surface area (Å²) < 4.78 is 39.0. The van der Waals surface area contributed by atoms with Crippen LogP contribution in [0.1, 0.15) is 18.4 Å². The van der Waals surface area contributed by atoms with Gasteiger partial charge in [0.25, 0.3) is 0 Å². The first-order valence-corrected chi connectivity index (χ1v) is 8.10. The highest BCUT2D eigenvalue weighted by atomic mass is 32.2. The average molecular weight is 341 g/mol. The lowest BCUT2D eigenvalue weighted by Crippen LogP contribution is -2.14. The number of thioether (sulfide) groups is 1. The van der Waals surface area contributed by atoms with E-state index in [-0.39, 0.29) is 5.91 Å². The van der Waals surface area contributed by atoms with Gasteiger partial charge in [0, 0.05) is 5.25 Å². The topological polar surface area (TPSA) is 46.9 Å². The van der Waals surface area contributed by atoms with Gasteiger partial charge in [-0.15, -0.1) is 11.8 Å². The summed E-state index contributed by atoms with van der Waals surface area (Å²) in [5.41, 5.74) is 0.302. The number of halogens is 3. The molecule has 3 rings (SSSR count). The van der Waals surface area contributed by atoms with Crippen molar-refractivity contribution in [2.75, 3.05) is 11.1 Å². The van der Waals surface area contributed by atoms with Gasteiger partial charge in [0.1, 0.15) is 0 Å². The van der Waals surface area contributed by atoms with E-state index in [1.165, 1.54) is 35.9 Å². The zero-order valence-electron chi connectivity index (χ0n) is 12.0. The zero-order valence-corrected chi connectivity index (χ0v) is 12.8. The first kappa shape index (κ1) is 15.9. The fourth-order valence-electron chi connectivity index (χ4n) is 1.96. The summed E-state index contributed by atoms with van der Waals surface area (Å²) in [7, 11) is 0. The molecule has 122 valence electrons. The van der Waals surface area contributed by atoms with Gasteiger partial charge in [-0.25, -0.2) is 4.68 Å². The third kappa shape index (κ3) is 4.28. The summed E-state index contributed by atoms with van der Waals surface area (Å²) in [6.07, 6.45) is 1.02. The van der Waals surface area contributed by atoms with Crippen LogP contribution in [0, 0.1) is 0 Å². The van der Waals surface area contributed by atoms with Crippen LogP contribution in [0.3, 0.4) is 0 Å². The molecule has 1 amide bonds. The number of benzene rings is 1. The third-order valence-electron chi connectivity index (χ3n) is 3.30. The van der Waals surface area contributed by atoms with E-state index < -0.39 is 11.7 Å². The summed E-state index contributed by atoms with van der Waals surface area (Å²) in [5, 5.41) is 7.39. The first-order chi connectivity index (χ1) is 10.9. The van der Waals surface area contributed by atoms with E-state index in [0.717, 1.165) is 12.1 Å². The Morgan fingerprint density at radius 2 is 2.00 bits per heavy atom. The first-order valence-electron chi connectivity index (χ1n) is 7.05. The second-order valence-electron chi connectivity index (χ2n) is 5.28. The van der Waals surface area contributed by atoms with Gasteiger partial charge in [-0.2, -0.15) is 18.3 Å². The molecule has 1 aromatic heterocycles. The molecule has 0 bridgehead atoms. The molecule has 1 saturated carbocycles. The highest BCUT2D eigenvalue weighted by molar-refractivity contribution is 8.00. The molecule has 1 aromatic carbocycles. The maximum absolute atomic E-state index is 12.5. The molecule has 0 saturated heterocycles. The van der Waals surface area contributed by atoms with Gasteiger partial charge in [0.2, 0.25) is 5.91 Å². The van der Waals surface area contributed by atoms with Crippen molar-refractivity contribution in [1.82, 2.24) is 9.78 Å². The fraction of sp³-hybridized carbons (Fsp3) is 0.333. The van der Waals surface area contributed by atoms with Crippen LogP contribution in [0.15, 0.2) is 36.7 Å². The maximum Gasteiger partial charge on any atom is 0.416 e. The molecular formula is C15H14F3N3OS. The molecule has 2 aromatic rings. The minimum Gasteiger partial charge on any atom is -0.323 e. The lowest BCUT2D eigenvalue weighted by Gasteiger charge is -2.07. The Kier molecular flexibility index (Phi) is 4.34. The van der Waals surface area contributed by atoms with Crippen molar-refractivity contribution in [1.29, 1.82) is 0 Å². The van der Waals surface area contributed by atoms with Crippen molar-refractivity contribution < 1.29 is 18.0 Å². The van der Waals surface area contributed by atoms with Crippen LogP contribution in [-0.2, 0) is 11.0 Å². The molecule has 0 radical (unpaired) electrons. The van der Waals surface area contributed by atoms with Crippen molar-refractivity contribution in [3.05, 3.63) is 42.2 Å². The number of rotatable bonds is 5. The van der Waals surface area contributed by atoms with Crippen molar-refractivity contribution in [3.8, 4) is 5.69 Å². The van der Waals surface area contributed by atoms with Crippen LogP contribution in [0.5, 0.6) is 0 Å². The predicted molar refractivity (Wildman–Crippen MR) is 82.7 cm³/mol. The van der Waals surface area contributed by atoms with E-state index in [2.05, 4.69) is 10.4 Å². The van der Waals surface area contributed by atoms with Crippen molar-refractivity contribution >= 4 is 23.4 Å². The van der Waals surface area contributed by atoms with Gasteiger partial charge in [0.05, 0.1) is 35.1 Å². The number of nitrogens with zero attached hydrogens (tertiary/aromatic N) is 2. The summed E-state index contributed by atoms with van der Waals surface area (Å²) in [4.78, 5) is 11.8. The second-order valence-corrected chi connectivity index (χ2v) is 6.57. The Bertz CT molecular complexity index is 693. The number of hydrogen-bond acceptors (Lipinski definition) is 3. The highest BCUT2D eigenvalue weighted by Crippen LogP contribution is 2.33. The lowest BCUT2D eigenvalue weighted by atomic mass is 10.2. The molecular weight excluding hydrogens is 327 g/mol. The molecule has 1 aliphatic rings. The molecule has 0 aliphatic heterocycles. The predicted octanol–water partition coefficient (Wildman–Crippen LogP) is 3.73. The molecule has 4 nitrogen and oxygen atoms in total. The van der Waals surface area contributed by atoms with E-state index >= 15 is 0 Å². The van der Waals surface area contributed by atoms with E-state index in [1.807, 2.05) is 0 Å². The summed E-state index contributed by atoms with van der Waals surface area (Å²) in [6.45, 7) is 0. The SMILES string of the molecule is O=C(CSC1CC1)Nc1cnn(-c2ccc(C(F)(F)F)cc2)c1. The van der Waals surface area contributed by atoms with Crippen LogP contribution < -0.4 is 5.32 Å². The Labute approximate surface area is 135 Å². The van der Waals surface area contributed by atoms with Gasteiger partial charge in [-0.05, 0) is 37.1 Å². The molecule has 0 unspecified atom stereocenters. The molecule has 1 N–H and O–H groups in total. The normalized spacial score (nSPS) is 14.7.